The van der Waals surface area contributed by atoms with Crippen LogP contribution >= 0.6 is 12.4 Å². The Morgan fingerprint density at radius 2 is 2.04 bits per heavy atom. The minimum atomic E-state index is -0.317. The van der Waals surface area contributed by atoms with Crippen molar-refractivity contribution in [1.29, 1.82) is 0 Å². The number of halogens is 2. The molecule has 1 amide bonds. The third kappa shape index (κ3) is 4.49. The standard InChI is InChI=1S/C17H19FN2O3.ClH/c18-12-3-5-14(6-4-12)22-11-15-7-8-16(23-15)17(21)20-9-1-2-13(19)10-20;/h3-8,13H,1-2,9-11,19H2;1H. The van der Waals surface area contributed by atoms with E-state index in [0.717, 1.165) is 12.8 Å². The molecule has 130 valence electrons. The van der Waals surface area contributed by atoms with Crippen LogP contribution in [0.5, 0.6) is 5.75 Å². The van der Waals surface area contributed by atoms with Crippen LogP contribution in [0.3, 0.4) is 0 Å². The van der Waals surface area contributed by atoms with E-state index < -0.39 is 0 Å². The van der Waals surface area contributed by atoms with E-state index in [1.807, 2.05) is 0 Å². The smallest absolute Gasteiger partial charge is 0.289 e. The van der Waals surface area contributed by atoms with Crippen molar-refractivity contribution >= 4 is 18.3 Å². The van der Waals surface area contributed by atoms with Gasteiger partial charge in [-0.25, -0.2) is 4.39 Å². The van der Waals surface area contributed by atoms with E-state index in [0.29, 0.717) is 24.6 Å². The summed E-state index contributed by atoms with van der Waals surface area (Å²) in [7, 11) is 0. The molecular weight excluding hydrogens is 335 g/mol. The van der Waals surface area contributed by atoms with Gasteiger partial charge in [0.15, 0.2) is 5.76 Å². The Morgan fingerprint density at radius 1 is 1.29 bits per heavy atom. The van der Waals surface area contributed by atoms with Crippen LogP contribution in [0.2, 0.25) is 0 Å². The number of likely N-dealkylation sites (tertiary alicyclic amines) is 1. The van der Waals surface area contributed by atoms with Gasteiger partial charge in [-0.1, -0.05) is 0 Å². The average Bonchev–Trinajstić information content (AvgIpc) is 3.02. The summed E-state index contributed by atoms with van der Waals surface area (Å²) >= 11 is 0. The van der Waals surface area contributed by atoms with Gasteiger partial charge >= 0.3 is 0 Å². The molecule has 1 aliphatic rings. The molecule has 0 radical (unpaired) electrons. The van der Waals surface area contributed by atoms with Crippen molar-refractivity contribution in [2.24, 2.45) is 5.73 Å². The molecule has 0 saturated carbocycles. The summed E-state index contributed by atoms with van der Waals surface area (Å²) in [6, 6.07) is 9.12. The molecule has 1 fully saturated rings. The van der Waals surface area contributed by atoms with Gasteiger partial charge in [-0.05, 0) is 49.2 Å². The van der Waals surface area contributed by atoms with Crippen molar-refractivity contribution < 1.29 is 18.3 Å². The largest absolute Gasteiger partial charge is 0.486 e. The van der Waals surface area contributed by atoms with Crippen molar-refractivity contribution in [3.63, 3.8) is 0 Å². The summed E-state index contributed by atoms with van der Waals surface area (Å²) in [5.41, 5.74) is 5.90. The minimum Gasteiger partial charge on any atom is -0.486 e. The second kappa shape index (κ2) is 8.17. The highest BCUT2D eigenvalue weighted by molar-refractivity contribution is 5.91. The molecule has 3 rings (SSSR count). The predicted octanol–water partition coefficient (Wildman–Crippen LogP) is 2.98. The summed E-state index contributed by atoms with van der Waals surface area (Å²) in [6.45, 7) is 1.44. The summed E-state index contributed by atoms with van der Waals surface area (Å²) < 4.78 is 23.9. The van der Waals surface area contributed by atoms with E-state index in [4.69, 9.17) is 14.9 Å². The molecule has 5 nitrogen and oxygen atoms in total. The molecule has 0 bridgehead atoms. The highest BCUT2D eigenvalue weighted by Gasteiger charge is 2.24. The molecule has 1 aromatic heterocycles. The zero-order valence-corrected chi connectivity index (χ0v) is 13.9. The Morgan fingerprint density at radius 3 is 2.75 bits per heavy atom. The number of nitrogens with zero attached hydrogens (tertiary/aromatic N) is 1. The van der Waals surface area contributed by atoms with Crippen LogP contribution in [0.15, 0.2) is 40.8 Å². The van der Waals surface area contributed by atoms with Gasteiger partial charge in [-0.15, -0.1) is 12.4 Å². The van der Waals surface area contributed by atoms with Gasteiger partial charge in [0.2, 0.25) is 0 Å². The molecule has 0 aliphatic carbocycles. The molecule has 1 saturated heterocycles. The third-order valence-electron chi connectivity index (χ3n) is 3.81. The van der Waals surface area contributed by atoms with Gasteiger partial charge in [0.25, 0.3) is 5.91 Å². The maximum atomic E-state index is 12.8. The minimum absolute atomic E-state index is 0. The predicted molar refractivity (Wildman–Crippen MR) is 89.8 cm³/mol. The lowest BCUT2D eigenvalue weighted by Gasteiger charge is -2.30. The fraction of sp³-hybridized carbons (Fsp3) is 0.353. The molecule has 1 aromatic carbocycles. The van der Waals surface area contributed by atoms with Crippen LogP contribution in [-0.4, -0.2) is 29.9 Å². The van der Waals surface area contributed by atoms with Gasteiger partial charge < -0.3 is 19.8 Å². The van der Waals surface area contributed by atoms with E-state index in [2.05, 4.69) is 0 Å². The normalized spacial score (nSPS) is 17.2. The van der Waals surface area contributed by atoms with Crippen LogP contribution in [0.4, 0.5) is 4.39 Å². The van der Waals surface area contributed by atoms with Crippen LogP contribution < -0.4 is 10.5 Å². The lowest BCUT2D eigenvalue weighted by Crippen LogP contribution is -2.45. The lowest BCUT2D eigenvalue weighted by atomic mass is 10.1. The first-order valence-corrected chi connectivity index (χ1v) is 7.64. The number of benzene rings is 1. The van der Waals surface area contributed by atoms with Gasteiger partial charge in [-0.3, -0.25) is 4.79 Å². The van der Waals surface area contributed by atoms with E-state index in [-0.39, 0.29) is 42.5 Å². The second-order valence-electron chi connectivity index (χ2n) is 5.66. The Hall–Kier alpha value is -2.05. The molecule has 2 heterocycles. The first-order valence-electron chi connectivity index (χ1n) is 7.64. The maximum absolute atomic E-state index is 12.8. The van der Waals surface area contributed by atoms with Gasteiger partial charge in [-0.2, -0.15) is 0 Å². The summed E-state index contributed by atoms with van der Waals surface area (Å²) in [5.74, 6) is 0.907. The van der Waals surface area contributed by atoms with Crippen molar-refractivity contribution in [1.82, 2.24) is 4.90 Å². The molecular formula is C17H20ClFN2O3. The lowest BCUT2D eigenvalue weighted by molar-refractivity contribution is 0.0672. The van der Waals surface area contributed by atoms with E-state index in [1.54, 1.807) is 29.2 Å². The molecule has 2 aromatic rings. The van der Waals surface area contributed by atoms with Crippen LogP contribution in [-0.2, 0) is 6.61 Å². The average molecular weight is 355 g/mol. The molecule has 1 atom stereocenters. The fourth-order valence-electron chi connectivity index (χ4n) is 2.61. The highest BCUT2D eigenvalue weighted by atomic mass is 35.5. The van der Waals surface area contributed by atoms with Gasteiger partial charge in [0.05, 0.1) is 0 Å². The molecule has 24 heavy (non-hydrogen) atoms. The molecule has 7 heteroatoms. The Kier molecular flexibility index (Phi) is 6.23. The Bertz CT molecular complexity index is 675. The fourth-order valence-corrected chi connectivity index (χ4v) is 2.61. The number of nitrogens with two attached hydrogens (primary N) is 1. The number of carbonyl (C=O) groups excluding carboxylic acids is 1. The zero-order valence-electron chi connectivity index (χ0n) is 13.1. The molecule has 0 spiro atoms. The van der Waals surface area contributed by atoms with Crippen LogP contribution in [0.1, 0.15) is 29.2 Å². The molecule has 1 aliphatic heterocycles. The number of hydrogen-bond acceptors (Lipinski definition) is 4. The van der Waals surface area contributed by atoms with Gasteiger partial charge in [0.1, 0.15) is 23.9 Å². The summed E-state index contributed by atoms with van der Waals surface area (Å²) in [4.78, 5) is 14.1. The van der Waals surface area contributed by atoms with E-state index in [9.17, 15) is 9.18 Å². The summed E-state index contributed by atoms with van der Waals surface area (Å²) in [6.07, 6.45) is 1.85. The monoisotopic (exact) mass is 354 g/mol. The quantitative estimate of drug-likeness (QED) is 0.916. The van der Waals surface area contributed by atoms with Gasteiger partial charge in [0, 0.05) is 19.1 Å². The third-order valence-corrected chi connectivity index (χ3v) is 3.81. The highest BCUT2D eigenvalue weighted by Crippen LogP contribution is 2.17. The number of hydrogen-bond donors (Lipinski definition) is 1. The van der Waals surface area contributed by atoms with Crippen molar-refractivity contribution in [2.45, 2.75) is 25.5 Å². The Balaban J connectivity index is 0.00000208. The molecule has 2 N–H and O–H groups in total. The van der Waals surface area contributed by atoms with Crippen LogP contribution in [0, 0.1) is 5.82 Å². The first-order chi connectivity index (χ1) is 11.1. The van der Waals surface area contributed by atoms with E-state index >= 15 is 0 Å². The molecule has 1 unspecified atom stereocenters. The Labute approximate surface area is 146 Å². The number of amides is 1. The SMILES string of the molecule is Cl.NC1CCCN(C(=O)c2ccc(COc3ccc(F)cc3)o2)C1. The zero-order chi connectivity index (χ0) is 16.2. The topological polar surface area (TPSA) is 68.7 Å². The van der Waals surface area contributed by atoms with E-state index in [1.165, 1.54) is 12.1 Å². The van der Waals surface area contributed by atoms with Crippen LogP contribution in [0.25, 0.3) is 0 Å². The number of piperidine rings is 1. The number of furan rings is 1. The second-order valence-corrected chi connectivity index (χ2v) is 5.66. The number of ether oxygens (including phenoxy) is 1. The van der Waals surface area contributed by atoms with Crippen molar-refractivity contribution in [3.05, 3.63) is 53.7 Å². The number of rotatable bonds is 4. The van der Waals surface area contributed by atoms with Crippen molar-refractivity contribution in [3.8, 4) is 5.75 Å². The van der Waals surface area contributed by atoms with Crippen molar-refractivity contribution in [2.75, 3.05) is 13.1 Å². The summed E-state index contributed by atoms with van der Waals surface area (Å²) in [5, 5.41) is 0. The first kappa shape index (κ1) is 18.3. The maximum Gasteiger partial charge on any atom is 0.289 e. The number of carbonyl (C=O) groups is 1.